The van der Waals surface area contributed by atoms with E-state index in [0.29, 0.717) is 5.92 Å². The zero-order chi connectivity index (χ0) is 8.97. The topological polar surface area (TPSA) is 21.3 Å². The third-order valence-corrected chi connectivity index (χ3v) is 2.38. The van der Waals surface area contributed by atoms with Crippen molar-refractivity contribution in [1.82, 2.24) is 5.32 Å². The van der Waals surface area contributed by atoms with Gasteiger partial charge in [0.2, 0.25) is 0 Å². The van der Waals surface area contributed by atoms with Gasteiger partial charge in [-0.1, -0.05) is 13.5 Å². The van der Waals surface area contributed by atoms with Gasteiger partial charge in [0.15, 0.2) is 0 Å². The highest BCUT2D eigenvalue weighted by molar-refractivity contribution is 5.22. The minimum Gasteiger partial charge on any atom is -0.497 e. The molecule has 0 unspecified atom stereocenters. The summed E-state index contributed by atoms with van der Waals surface area (Å²) in [7, 11) is 1.71. The highest BCUT2D eigenvalue weighted by atomic mass is 16.5. The zero-order valence-electron chi connectivity index (χ0n) is 7.89. The van der Waals surface area contributed by atoms with Crippen molar-refractivity contribution in [2.45, 2.75) is 13.3 Å². The molecule has 0 amide bonds. The van der Waals surface area contributed by atoms with Crippen LogP contribution in [0.1, 0.15) is 13.3 Å². The van der Waals surface area contributed by atoms with Crippen LogP contribution < -0.4 is 5.32 Å². The molecule has 0 spiro atoms. The van der Waals surface area contributed by atoms with Gasteiger partial charge < -0.3 is 10.1 Å². The number of methoxy groups -OCH3 is 1. The van der Waals surface area contributed by atoms with Crippen LogP contribution in [0.5, 0.6) is 0 Å². The molecule has 1 N–H and O–H groups in total. The van der Waals surface area contributed by atoms with E-state index in [4.69, 9.17) is 4.74 Å². The van der Waals surface area contributed by atoms with Gasteiger partial charge in [-0.25, -0.2) is 0 Å². The number of nitrogens with one attached hydrogen (secondary N) is 1. The van der Waals surface area contributed by atoms with Gasteiger partial charge in [0.1, 0.15) is 5.76 Å². The van der Waals surface area contributed by atoms with Gasteiger partial charge in [0, 0.05) is 19.0 Å². The Kier molecular flexibility index (Phi) is 3.35. The summed E-state index contributed by atoms with van der Waals surface area (Å²) in [6.45, 7) is 8.08. The first-order valence-corrected chi connectivity index (χ1v) is 4.43. The summed E-state index contributed by atoms with van der Waals surface area (Å²) < 4.78 is 5.24. The molecular weight excluding hydrogens is 150 g/mol. The number of hydrogen-bond donors (Lipinski definition) is 1. The Labute approximate surface area is 74.3 Å². The fraction of sp³-hybridized carbons (Fsp3) is 0.600. The molecule has 68 valence electrons. The summed E-state index contributed by atoms with van der Waals surface area (Å²) >= 11 is 0. The average molecular weight is 167 g/mol. The Bertz CT molecular complexity index is 192. The maximum Gasteiger partial charge on any atom is 0.117 e. The molecule has 0 saturated carbocycles. The maximum absolute atomic E-state index is 5.24. The second-order valence-corrected chi connectivity index (χ2v) is 3.01. The molecule has 0 bridgehead atoms. The Morgan fingerprint density at radius 3 is 2.58 bits per heavy atom. The summed E-state index contributed by atoms with van der Waals surface area (Å²) in [5, 5.41) is 3.26. The van der Waals surface area contributed by atoms with Gasteiger partial charge in [-0.05, 0) is 18.1 Å². The molecular formula is C10H17NO. The molecule has 1 fully saturated rings. The lowest BCUT2D eigenvalue weighted by molar-refractivity contribution is 0.284. The van der Waals surface area contributed by atoms with Gasteiger partial charge in [-0.3, -0.25) is 0 Å². The van der Waals surface area contributed by atoms with Gasteiger partial charge >= 0.3 is 0 Å². The lowest BCUT2D eigenvalue weighted by atomic mass is 9.90. The van der Waals surface area contributed by atoms with Gasteiger partial charge in [0.25, 0.3) is 0 Å². The van der Waals surface area contributed by atoms with Crippen molar-refractivity contribution in [3.8, 4) is 0 Å². The summed E-state index contributed by atoms with van der Waals surface area (Å²) in [6.07, 6.45) is 2.86. The third-order valence-electron chi connectivity index (χ3n) is 2.38. The van der Waals surface area contributed by atoms with E-state index in [-0.39, 0.29) is 0 Å². The molecule has 1 heterocycles. The molecule has 0 aromatic heterocycles. The Hall–Kier alpha value is -0.760. The number of hydrogen-bond acceptors (Lipinski definition) is 2. The molecule has 2 nitrogen and oxygen atoms in total. The first-order valence-electron chi connectivity index (χ1n) is 4.43. The number of allylic oxidation sites excluding steroid dienone is 1. The Morgan fingerprint density at radius 2 is 2.33 bits per heavy atom. The van der Waals surface area contributed by atoms with Gasteiger partial charge in [-0.2, -0.15) is 0 Å². The van der Waals surface area contributed by atoms with E-state index in [1.807, 2.05) is 0 Å². The fourth-order valence-electron chi connectivity index (χ4n) is 1.54. The van der Waals surface area contributed by atoms with Crippen LogP contribution in [0.2, 0.25) is 0 Å². The predicted molar refractivity (Wildman–Crippen MR) is 50.9 cm³/mol. The first-order chi connectivity index (χ1) is 5.83. The average Bonchev–Trinajstić information content (AvgIpc) is 2.01. The summed E-state index contributed by atoms with van der Waals surface area (Å²) in [5.41, 5.74) is 1.39. The molecule has 0 aromatic rings. The Morgan fingerprint density at radius 1 is 1.67 bits per heavy atom. The molecule has 2 heteroatoms. The normalized spacial score (nSPS) is 19.5. The number of ether oxygens (including phenoxy) is 1. The maximum atomic E-state index is 5.24. The van der Waals surface area contributed by atoms with Crippen molar-refractivity contribution in [2.75, 3.05) is 20.2 Å². The van der Waals surface area contributed by atoms with E-state index >= 15 is 0 Å². The highest BCUT2D eigenvalue weighted by Crippen LogP contribution is 2.23. The second-order valence-electron chi connectivity index (χ2n) is 3.01. The van der Waals surface area contributed by atoms with Crippen molar-refractivity contribution in [3.05, 3.63) is 24.0 Å². The van der Waals surface area contributed by atoms with E-state index < -0.39 is 0 Å². The van der Waals surface area contributed by atoms with E-state index in [1.54, 1.807) is 13.2 Å². The molecule has 1 saturated heterocycles. The molecule has 0 aromatic carbocycles. The van der Waals surface area contributed by atoms with Crippen LogP contribution in [0.15, 0.2) is 24.0 Å². The summed E-state index contributed by atoms with van der Waals surface area (Å²) in [6, 6.07) is 0. The monoisotopic (exact) mass is 167 g/mol. The third kappa shape index (κ3) is 1.69. The molecule has 1 aliphatic rings. The van der Waals surface area contributed by atoms with Crippen molar-refractivity contribution < 1.29 is 4.74 Å². The fourth-order valence-corrected chi connectivity index (χ4v) is 1.54. The molecule has 12 heavy (non-hydrogen) atoms. The number of rotatable bonds is 4. The minimum absolute atomic E-state index is 0.669. The van der Waals surface area contributed by atoms with E-state index in [0.717, 1.165) is 25.3 Å². The van der Waals surface area contributed by atoms with Crippen LogP contribution in [-0.4, -0.2) is 20.2 Å². The summed E-state index contributed by atoms with van der Waals surface area (Å²) in [4.78, 5) is 0. The lowest BCUT2D eigenvalue weighted by Gasteiger charge is -2.30. The van der Waals surface area contributed by atoms with E-state index in [2.05, 4.69) is 18.8 Å². The van der Waals surface area contributed by atoms with E-state index in [1.165, 1.54) is 5.57 Å². The Balaban J connectivity index is 2.73. The van der Waals surface area contributed by atoms with Crippen LogP contribution in [0.4, 0.5) is 0 Å². The second kappa shape index (κ2) is 4.31. The first kappa shape index (κ1) is 9.33. The van der Waals surface area contributed by atoms with Crippen LogP contribution in [0, 0.1) is 5.92 Å². The van der Waals surface area contributed by atoms with Crippen LogP contribution in [0.25, 0.3) is 0 Å². The molecule has 0 radical (unpaired) electrons. The van der Waals surface area contributed by atoms with Crippen molar-refractivity contribution in [1.29, 1.82) is 0 Å². The van der Waals surface area contributed by atoms with Gasteiger partial charge in [-0.15, -0.1) is 0 Å². The van der Waals surface area contributed by atoms with Crippen molar-refractivity contribution in [2.24, 2.45) is 5.92 Å². The molecule has 0 aliphatic carbocycles. The van der Waals surface area contributed by atoms with E-state index in [9.17, 15) is 0 Å². The quantitative estimate of drug-likeness (QED) is 0.508. The molecule has 1 aliphatic heterocycles. The SMILES string of the molecule is C=C/C(OC)=C(\CC)C1CNC1. The largest absolute Gasteiger partial charge is 0.497 e. The molecule has 1 rings (SSSR count). The standard InChI is InChI=1S/C10H17NO/c1-4-9(8-6-11-7-8)10(5-2)12-3/h5,8,11H,2,4,6-7H2,1,3H3/b10-9-. The molecule has 0 atom stereocenters. The van der Waals surface area contributed by atoms with Crippen molar-refractivity contribution in [3.63, 3.8) is 0 Å². The van der Waals surface area contributed by atoms with Crippen molar-refractivity contribution >= 4 is 0 Å². The minimum atomic E-state index is 0.669. The summed E-state index contributed by atoms with van der Waals surface area (Å²) in [5.74, 6) is 1.63. The smallest absolute Gasteiger partial charge is 0.117 e. The van der Waals surface area contributed by atoms with Crippen LogP contribution in [0.3, 0.4) is 0 Å². The predicted octanol–water partition coefficient (Wildman–Crippen LogP) is 1.70. The van der Waals surface area contributed by atoms with Crippen LogP contribution in [-0.2, 0) is 4.74 Å². The zero-order valence-corrected chi connectivity index (χ0v) is 7.89. The lowest BCUT2D eigenvalue weighted by Crippen LogP contribution is -2.43. The van der Waals surface area contributed by atoms with Crippen LogP contribution >= 0.6 is 0 Å². The van der Waals surface area contributed by atoms with Gasteiger partial charge in [0.05, 0.1) is 7.11 Å². The highest BCUT2D eigenvalue weighted by Gasteiger charge is 2.22.